The van der Waals surface area contributed by atoms with E-state index in [0.717, 1.165) is 30.6 Å². The maximum Gasteiger partial charge on any atom is 0.267 e. The van der Waals surface area contributed by atoms with Crippen LogP contribution >= 0.6 is 0 Å². The molecule has 31 heavy (non-hydrogen) atoms. The highest BCUT2D eigenvalue weighted by Crippen LogP contribution is 2.31. The smallest absolute Gasteiger partial charge is 0.267 e. The summed E-state index contributed by atoms with van der Waals surface area (Å²) in [5, 5.41) is 4.18. The van der Waals surface area contributed by atoms with E-state index in [9.17, 15) is 9.59 Å². The van der Waals surface area contributed by atoms with Crippen LogP contribution in [0.4, 0.5) is 0 Å². The van der Waals surface area contributed by atoms with Gasteiger partial charge in [0.05, 0.1) is 19.0 Å². The summed E-state index contributed by atoms with van der Waals surface area (Å²) in [5.74, 6) is 1.89. The van der Waals surface area contributed by atoms with E-state index in [0.29, 0.717) is 30.3 Å². The Kier molecular flexibility index (Phi) is 6.16. The van der Waals surface area contributed by atoms with Crippen LogP contribution in [0.15, 0.2) is 51.8 Å². The van der Waals surface area contributed by atoms with Gasteiger partial charge in [-0.05, 0) is 38.3 Å². The van der Waals surface area contributed by atoms with Crippen LogP contribution in [0.1, 0.15) is 48.2 Å². The van der Waals surface area contributed by atoms with Gasteiger partial charge in [0.2, 0.25) is 11.8 Å². The van der Waals surface area contributed by atoms with E-state index in [1.54, 1.807) is 31.2 Å². The lowest BCUT2D eigenvalue weighted by molar-refractivity contribution is -0.136. The van der Waals surface area contributed by atoms with Crippen LogP contribution in [0.25, 0.3) is 0 Å². The lowest BCUT2D eigenvalue weighted by atomic mass is 10.0. The van der Waals surface area contributed by atoms with Gasteiger partial charge in [0, 0.05) is 24.6 Å². The molecule has 3 aromatic rings. The number of ether oxygens (including phenoxy) is 1. The van der Waals surface area contributed by atoms with Gasteiger partial charge in [-0.1, -0.05) is 18.2 Å². The molecule has 0 spiro atoms. The Morgan fingerprint density at radius 3 is 2.90 bits per heavy atom. The molecule has 1 aliphatic heterocycles. The van der Waals surface area contributed by atoms with Gasteiger partial charge in [-0.3, -0.25) is 9.59 Å². The molecule has 0 unspecified atom stereocenters. The average molecular weight is 422 g/mol. The number of oxazole rings is 1. The largest absolute Gasteiger partial charge is 0.496 e. The van der Waals surface area contributed by atoms with Gasteiger partial charge < -0.3 is 14.1 Å². The Hall–Kier alpha value is -3.42. The minimum absolute atomic E-state index is 0.0915. The number of benzene rings is 1. The van der Waals surface area contributed by atoms with Crippen LogP contribution in [-0.2, 0) is 17.8 Å². The quantitative estimate of drug-likeness (QED) is 0.607. The Morgan fingerprint density at radius 1 is 1.23 bits per heavy atom. The number of hydrogen-bond donors (Lipinski definition) is 0. The zero-order valence-corrected chi connectivity index (χ0v) is 17.8. The molecule has 0 N–H and O–H groups in total. The van der Waals surface area contributed by atoms with Gasteiger partial charge in [0.1, 0.15) is 24.1 Å². The molecular weight excluding hydrogens is 396 g/mol. The van der Waals surface area contributed by atoms with Crippen LogP contribution in [0.2, 0.25) is 0 Å². The van der Waals surface area contributed by atoms with Crippen molar-refractivity contribution in [3.63, 3.8) is 0 Å². The van der Waals surface area contributed by atoms with Crippen molar-refractivity contribution in [1.29, 1.82) is 0 Å². The molecule has 3 heterocycles. The second-order valence-electron chi connectivity index (χ2n) is 7.72. The molecule has 0 saturated carbocycles. The fourth-order valence-corrected chi connectivity index (χ4v) is 3.97. The molecule has 8 heteroatoms. The van der Waals surface area contributed by atoms with Crippen molar-refractivity contribution in [2.45, 2.75) is 45.2 Å². The molecule has 1 aromatic carbocycles. The van der Waals surface area contributed by atoms with Crippen molar-refractivity contribution >= 4 is 5.91 Å². The summed E-state index contributed by atoms with van der Waals surface area (Å²) >= 11 is 0. The molecule has 1 saturated heterocycles. The Morgan fingerprint density at radius 2 is 2.06 bits per heavy atom. The van der Waals surface area contributed by atoms with Crippen molar-refractivity contribution in [3.05, 3.63) is 75.9 Å². The number of piperidine rings is 1. The molecule has 1 atom stereocenters. The van der Waals surface area contributed by atoms with Gasteiger partial charge in [0.25, 0.3) is 5.56 Å². The zero-order chi connectivity index (χ0) is 21.8. The number of carbonyl (C=O) groups is 1. The number of methoxy groups -OCH3 is 1. The first-order valence-corrected chi connectivity index (χ1v) is 10.5. The fraction of sp³-hybridized carbons (Fsp3) is 0.391. The van der Waals surface area contributed by atoms with E-state index in [1.165, 1.54) is 10.7 Å². The molecule has 1 fully saturated rings. The number of aromatic nitrogens is 3. The highest BCUT2D eigenvalue weighted by atomic mass is 16.5. The summed E-state index contributed by atoms with van der Waals surface area (Å²) in [6, 6.07) is 10.6. The molecule has 8 nitrogen and oxygen atoms in total. The number of likely N-dealkylation sites (tertiary alicyclic amines) is 1. The maximum absolute atomic E-state index is 13.0. The normalized spacial score (nSPS) is 16.3. The van der Waals surface area contributed by atoms with E-state index in [4.69, 9.17) is 9.15 Å². The Balaban J connectivity index is 1.52. The van der Waals surface area contributed by atoms with E-state index in [2.05, 4.69) is 10.1 Å². The van der Waals surface area contributed by atoms with Crippen molar-refractivity contribution in [1.82, 2.24) is 19.7 Å². The van der Waals surface area contributed by atoms with Crippen molar-refractivity contribution in [2.24, 2.45) is 0 Å². The summed E-state index contributed by atoms with van der Waals surface area (Å²) in [4.78, 5) is 31.3. The third-order valence-electron chi connectivity index (χ3n) is 5.52. The van der Waals surface area contributed by atoms with Crippen molar-refractivity contribution < 1.29 is 13.9 Å². The Bertz CT molecular complexity index is 1120. The number of amides is 1. The Labute approximate surface area is 180 Å². The first-order chi connectivity index (χ1) is 15.0. The van der Waals surface area contributed by atoms with Crippen LogP contribution in [0.3, 0.4) is 0 Å². The molecule has 1 amide bonds. The molecule has 1 aliphatic rings. The molecule has 2 aromatic heterocycles. The summed E-state index contributed by atoms with van der Waals surface area (Å²) in [7, 11) is 1.64. The third-order valence-corrected chi connectivity index (χ3v) is 5.52. The number of para-hydroxylation sites is 1. The van der Waals surface area contributed by atoms with Crippen LogP contribution < -0.4 is 10.3 Å². The minimum atomic E-state index is -0.289. The predicted octanol–water partition coefficient (Wildman–Crippen LogP) is 2.89. The number of carbonyl (C=O) groups excluding carboxylic acids is 1. The summed E-state index contributed by atoms with van der Waals surface area (Å²) in [5.41, 5.74) is 1.41. The van der Waals surface area contributed by atoms with Crippen molar-refractivity contribution in [3.8, 4) is 5.75 Å². The SMILES string of the molecule is COc1ccccc1Cc1cnc([C@H]2CCCCN2C(=O)Cn2nc(C)ccc2=O)o1. The summed E-state index contributed by atoms with van der Waals surface area (Å²) < 4.78 is 12.7. The summed E-state index contributed by atoms with van der Waals surface area (Å²) in [6.45, 7) is 2.31. The molecule has 0 radical (unpaired) electrons. The van der Waals surface area contributed by atoms with Crippen molar-refractivity contribution in [2.75, 3.05) is 13.7 Å². The van der Waals surface area contributed by atoms with E-state index in [-0.39, 0.29) is 24.1 Å². The van der Waals surface area contributed by atoms with Gasteiger partial charge in [0.15, 0.2) is 0 Å². The first kappa shape index (κ1) is 20.8. The minimum Gasteiger partial charge on any atom is -0.496 e. The van der Waals surface area contributed by atoms with E-state index in [1.807, 2.05) is 24.3 Å². The number of aryl methyl sites for hydroxylation is 1. The average Bonchev–Trinajstić information content (AvgIpc) is 3.25. The fourth-order valence-electron chi connectivity index (χ4n) is 3.97. The van der Waals surface area contributed by atoms with Gasteiger partial charge >= 0.3 is 0 Å². The zero-order valence-electron chi connectivity index (χ0n) is 17.8. The van der Waals surface area contributed by atoms with Gasteiger partial charge in [-0.2, -0.15) is 5.10 Å². The number of rotatable bonds is 6. The lowest BCUT2D eigenvalue weighted by Crippen LogP contribution is -2.42. The molecule has 0 bridgehead atoms. The second-order valence-corrected chi connectivity index (χ2v) is 7.72. The third kappa shape index (κ3) is 4.68. The van der Waals surface area contributed by atoms with E-state index < -0.39 is 0 Å². The lowest BCUT2D eigenvalue weighted by Gasteiger charge is -2.33. The van der Waals surface area contributed by atoms with E-state index >= 15 is 0 Å². The molecule has 0 aliphatic carbocycles. The summed E-state index contributed by atoms with van der Waals surface area (Å²) in [6.07, 6.45) is 4.94. The molecule has 162 valence electrons. The molecular formula is C23H26N4O4. The highest BCUT2D eigenvalue weighted by molar-refractivity contribution is 5.76. The van der Waals surface area contributed by atoms with Crippen LogP contribution in [-0.4, -0.2) is 39.2 Å². The highest BCUT2D eigenvalue weighted by Gasteiger charge is 2.31. The van der Waals surface area contributed by atoms with Crippen LogP contribution in [0, 0.1) is 6.92 Å². The maximum atomic E-state index is 13.0. The van der Waals surface area contributed by atoms with Crippen LogP contribution in [0.5, 0.6) is 5.75 Å². The predicted molar refractivity (Wildman–Crippen MR) is 114 cm³/mol. The number of nitrogens with zero attached hydrogens (tertiary/aromatic N) is 4. The first-order valence-electron chi connectivity index (χ1n) is 10.5. The number of hydrogen-bond acceptors (Lipinski definition) is 6. The second kappa shape index (κ2) is 9.16. The standard InChI is InChI=1S/C23H26N4O4/c1-16-10-11-21(28)27(25-16)15-22(29)26-12-6-5-8-19(26)23-24-14-18(31-23)13-17-7-3-4-9-20(17)30-2/h3-4,7,9-11,14,19H,5-6,8,12-13,15H2,1-2H3/t19-/m1/s1. The van der Waals surface area contributed by atoms with Gasteiger partial charge in [-0.25, -0.2) is 9.67 Å². The monoisotopic (exact) mass is 422 g/mol. The van der Waals surface area contributed by atoms with Gasteiger partial charge in [-0.15, -0.1) is 0 Å². The molecule has 4 rings (SSSR count). The topological polar surface area (TPSA) is 90.5 Å².